The van der Waals surface area contributed by atoms with Crippen molar-refractivity contribution in [3.8, 4) is 0 Å². The third-order valence-electron chi connectivity index (χ3n) is 3.53. The van der Waals surface area contributed by atoms with E-state index >= 15 is 0 Å². The second-order valence-corrected chi connectivity index (χ2v) is 5.27. The predicted molar refractivity (Wildman–Crippen MR) is 86.9 cm³/mol. The van der Waals surface area contributed by atoms with Crippen LogP contribution in [-0.4, -0.2) is 10.9 Å². The highest BCUT2D eigenvalue weighted by atomic mass is 16.2. The van der Waals surface area contributed by atoms with E-state index in [1.54, 1.807) is 18.2 Å². The number of nitrogens with one attached hydrogen (secondary N) is 2. The summed E-state index contributed by atoms with van der Waals surface area (Å²) in [6.45, 7) is 2.43. The van der Waals surface area contributed by atoms with Crippen molar-refractivity contribution in [3.05, 3.63) is 81.8 Å². The standard InChI is InChI=1S/C18H16N2O2/c1-12-5-4-6-13(9-12)11-19-18(22)16-10-14-7-2-3-8-15(14)17(21)20-16/h2-10H,11H2,1H3,(H,19,22)(H,20,21). The van der Waals surface area contributed by atoms with Crippen molar-refractivity contribution in [2.24, 2.45) is 0 Å². The molecule has 1 heterocycles. The lowest BCUT2D eigenvalue weighted by molar-refractivity contribution is 0.0946. The van der Waals surface area contributed by atoms with Crippen LogP contribution in [0, 0.1) is 6.92 Å². The fraction of sp³-hybridized carbons (Fsp3) is 0.111. The highest BCUT2D eigenvalue weighted by molar-refractivity contribution is 5.96. The molecule has 0 unspecified atom stereocenters. The predicted octanol–water partition coefficient (Wildman–Crippen LogP) is 2.77. The molecule has 3 rings (SSSR count). The number of carbonyl (C=O) groups is 1. The Labute approximate surface area is 127 Å². The molecule has 4 heteroatoms. The van der Waals surface area contributed by atoms with Gasteiger partial charge in [-0.2, -0.15) is 0 Å². The monoisotopic (exact) mass is 292 g/mol. The number of hydrogen-bond acceptors (Lipinski definition) is 2. The van der Waals surface area contributed by atoms with Gasteiger partial charge in [-0.05, 0) is 30.0 Å². The van der Waals surface area contributed by atoms with Gasteiger partial charge in [0.2, 0.25) is 0 Å². The number of benzene rings is 2. The number of aromatic nitrogens is 1. The van der Waals surface area contributed by atoms with Gasteiger partial charge < -0.3 is 10.3 Å². The second kappa shape index (κ2) is 5.85. The van der Waals surface area contributed by atoms with Gasteiger partial charge in [-0.1, -0.05) is 48.0 Å². The van der Waals surface area contributed by atoms with Crippen molar-refractivity contribution in [2.45, 2.75) is 13.5 Å². The van der Waals surface area contributed by atoms with Crippen LogP contribution in [0.4, 0.5) is 0 Å². The van der Waals surface area contributed by atoms with Crippen molar-refractivity contribution in [2.75, 3.05) is 0 Å². The van der Waals surface area contributed by atoms with Gasteiger partial charge in [0.25, 0.3) is 11.5 Å². The Balaban J connectivity index is 1.82. The van der Waals surface area contributed by atoms with E-state index in [1.807, 2.05) is 43.3 Å². The molecule has 110 valence electrons. The Morgan fingerprint density at radius 1 is 1.09 bits per heavy atom. The fourth-order valence-electron chi connectivity index (χ4n) is 2.43. The zero-order valence-corrected chi connectivity index (χ0v) is 12.2. The highest BCUT2D eigenvalue weighted by Crippen LogP contribution is 2.10. The molecule has 2 aromatic carbocycles. The van der Waals surface area contributed by atoms with Gasteiger partial charge in [0.15, 0.2) is 0 Å². The molecule has 2 N–H and O–H groups in total. The van der Waals surface area contributed by atoms with E-state index in [0.29, 0.717) is 11.9 Å². The fourth-order valence-corrected chi connectivity index (χ4v) is 2.43. The molecule has 22 heavy (non-hydrogen) atoms. The first-order valence-electron chi connectivity index (χ1n) is 7.09. The number of hydrogen-bond donors (Lipinski definition) is 2. The first kappa shape index (κ1) is 14.1. The van der Waals surface area contributed by atoms with E-state index in [1.165, 1.54) is 0 Å². The lowest BCUT2D eigenvalue weighted by Crippen LogP contribution is -2.26. The summed E-state index contributed by atoms with van der Waals surface area (Å²) in [6, 6.07) is 16.8. The van der Waals surface area contributed by atoms with Crippen molar-refractivity contribution < 1.29 is 4.79 Å². The largest absolute Gasteiger partial charge is 0.347 e. The number of aromatic amines is 1. The molecule has 0 saturated heterocycles. The lowest BCUT2D eigenvalue weighted by atomic mass is 10.1. The van der Waals surface area contributed by atoms with E-state index < -0.39 is 0 Å². The Bertz CT molecular complexity index is 897. The van der Waals surface area contributed by atoms with Crippen LogP contribution in [0.25, 0.3) is 10.8 Å². The number of amides is 1. The topological polar surface area (TPSA) is 62.0 Å². The van der Waals surface area contributed by atoms with E-state index in [2.05, 4.69) is 10.3 Å². The maximum absolute atomic E-state index is 12.2. The third-order valence-corrected chi connectivity index (χ3v) is 3.53. The average molecular weight is 292 g/mol. The molecule has 0 radical (unpaired) electrons. The van der Waals surface area contributed by atoms with Crippen LogP contribution in [-0.2, 0) is 6.54 Å². The summed E-state index contributed by atoms with van der Waals surface area (Å²) in [7, 11) is 0. The van der Waals surface area contributed by atoms with E-state index in [4.69, 9.17) is 0 Å². The van der Waals surface area contributed by atoms with Gasteiger partial charge in [-0.3, -0.25) is 9.59 Å². The molecule has 0 atom stereocenters. The first-order valence-corrected chi connectivity index (χ1v) is 7.09. The van der Waals surface area contributed by atoms with E-state index in [-0.39, 0.29) is 17.2 Å². The van der Waals surface area contributed by atoms with Crippen LogP contribution in [0.2, 0.25) is 0 Å². The minimum atomic E-state index is -0.288. The van der Waals surface area contributed by atoms with Crippen molar-refractivity contribution in [3.63, 3.8) is 0 Å². The number of aryl methyl sites for hydroxylation is 1. The molecule has 0 bridgehead atoms. The molecule has 0 saturated carbocycles. The van der Waals surface area contributed by atoms with Gasteiger partial charge in [0.1, 0.15) is 5.69 Å². The Hall–Kier alpha value is -2.88. The summed E-state index contributed by atoms with van der Waals surface area (Å²) >= 11 is 0. The summed E-state index contributed by atoms with van der Waals surface area (Å²) in [5, 5.41) is 4.16. The molecule has 4 nitrogen and oxygen atoms in total. The molecular formula is C18H16N2O2. The zero-order valence-electron chi connectivity index (χ0n) is 12.2. The summed E-state index contributed by atoms with van der Waals surface area (Å²) in [5.41, 5.74) is 2.19. The third kappa shape index (κ3) is 2.91. The Morgan fingerprint density at radius 3 is 2.73 bits per heavy atom. The van der Waals surface area contributed by atoms with Gasteiger partial charge >= 0.3 is 0 Å². The summed E-state index contributed by atoms with van der Waals surface area (Å²) < 4.78 is 0. The molecule has 0 aliphatic carbocycles. The second-order valence-electron chi connectivity index (χ2n) is 5.27. The summed E-state index contributed by atoms with van der Waals surface area (Å²) in [6.07, 6.45) is 0. The van der Waals surface area contributed by atoms with Gasteiger partial charge in [-0.15, -0.1) is 0 Å². The molecular weight excluding hydrogens is 276 g/mol. The Morgan fingerprint density at radius 2 is 1.91 bits per heavy atom. The van der Waals surface area contributed by atoms with Crippen LogP contribution in [0.1, 0.15) is 21.6 Å². The van der Waals surface area contributed by atoms with Crippen molar-refractivity contribution in [1.82, 2.24) is 10.3 Å². The normalized spacial score (nSPS) is 10.6. The van der Waals surface area contributed by atoms with Gasteiger partial charge in [0, 0.05) is 11.9 Å². The smallest absolute Gasteiger partial charge is 0.268 e. The number of carbonyl (C=O) groups excluding carboxylic acids is 1. The zero-order chi connectivity index (χ0) is 15.5. The molecule has 1 amide bonds. The van der Waals surface area contributed by atoms with Crippen LogP contribution in [0.5, 0.6) is 0 Å². The summed E-state index contributed by atoms with van der Waals surface area (Å²) in [4.78, 5) is 26.8. The molecule has 3 aromatic rings. The van der Waals surface area contributed by atoms with Gasteiger partial charge in [-0.25, -0.2) is 0 Å². The number of rotatable bonds is 3. The van der Waals surface area contributed by atoms with Crippen LogP contribution >= 0.6 is 0 Å². The van der Waals surface area contributed by atoms with Crippen LogP contribution in [0.15, 0.2) is 59.4 Å². The molecule has 0 aliphatic rings. The minimum Gasteiger partial charge on any atom is -0.347 e. The maximum Gasteiger partial charge on any atom is 0.268 e. The van der Waals surface area contributed by atoms with Crippen LogP contribution in [0.3, 0.4) is 0 Å². The SMILES string of the molecule is Cc1cccc(CNC(=O)c2cc3ccccc3c(=O)[nH]2)c1. The molecule has 0 aliphatic heterocycles. The first-order chi connectivity index (χ1) is 10.6. The van der Waals surface area contributed by atoms with E-state index in [9.17, 15) is 9.59 Å². The molecule has 0 spiro atoms. The Kier molecular flexibility index (Phi) is 3.74. The van der Waals surface area contributed by atoms with Crippen molar-refractivity contribution >= 4 is 16.7 Å². The molecule has 0 fully saturated rings. The average Bonchev–Trinajstić information content (AvgIpc) is 2.52. The lowest BCUT2D eigenvalue weighted by Gasteiger charge is -2.07. The number of pyridine rings is 1. The number of fused-ring (bicyclic) bond motifs is 1. The van der Waals surface area contributed by atoms with E-state index in [0.717, 1.165) is 16.5 Å². The molecule has 1 aromatic heterocycles. The highest BCUT2D eigenvalue weighted by Gasteiger charge is 2.09. The quantitative estimate of drug-likeness (QED) is 0.779. The van der Waals surface area contributed by atoms with Crippen molar-refractivity contribution in [1.29, 1.82) is 0 Å². The van der Waals surface area contributed by atoms with Crippen LogP contribution < -0.4 is 10.9 Å². The number of H-pyrrole nitrogens is 1. The van der Waals surface area contributed by atoms with Gasteiger partial charge in [0.05, 0.1) is 0 Å². The maximum atomic E-state index is 12.2. The summed E-state index contributed by atoms with van der Waals surface area (Å²) in [5.74, 6) is -0.288. The minimum absolute atomic E-state index is 0.251.